The van der Waals surface area contributed by atoms with Gasteiger partial charge in [0, 0.05) is 25.2 Å². The van der Waals surface area contributed by atoms with Crippen molar-refractivity contribution < 1.29 is 13.9 Å². The fourth-order valence-corrected chi connectivity index (χ4v) is 2.48. The number of halogens is 1. The molecule has 2 N–H and O–H groups in total. The van der Waals surface area contributed by atoms with Gasteiger partial charge >= 0.3 is 0 Å². The van der Waals surface area contributed by atoms with E-state index in [1.807, 2.05) is 0 Å². The highest BCUT2D eigenvalue weighted by molar-refractivity contribution is 5.81. The van der Waals surface area contributed by atoms with Crippen LogP contribution in [0.1, 0.15) is 18.4 Å². The minimum Gasteiger partial charge on any atom is -0.364 e. The van der Waals surface area contributed by atoms with Crippen LogP contribution in [-0.2, 0) is 16.1 Å². The second kappa shape index (κ2) is 7.33. The molecule has 0 bridgehead atoms. The third-order valence-electron chi connectivity index (χ3n) is 3.63. The zero-order chi connectivity index (χ0) is 15.2. The Morgan fingerprint density at radius 3 is 2.86 bits per heavy atom. The summed E-state index contributed by atoms with van der Waals surface area (Å²) in [7, 11) is 0. The van der Waals surface area contributed by atoms with Gasteiger partial charge in [0.25, 0.3) is 5.91 Å². The predicted molar refractivity (Wildman–Crippen MR) is 79.0 cm³/mol. The quantitative estimate of drug-likeness (QED) is 0.814. The van der Waals surface area contributed by atoms with Crippen molar-refractivity contribution in [1.82, 2.24) is 4.90 Å². The Hall–Kier alpha value is -1.72. The van der Waals surface area contributed by atoms with Crippen molar-refractivity contribution in [3.63, 3.8) is 0 Å². The van der Waals surface area contributed by atoms with Crippen molar-refractivity contribution >= 4 is 5.91 Å². The lowest BCUT2D eigenvalue weighted by Crippen LogP contribution is -2.39. The Labute approximate surface area is 124 Å². The second-order valence-electron chi connectivity index (χ2n) is 5.16. The zero-order valence-electron chi connectivity index (χ0n) is 12.0. The van der Waals surface area contributed by atoms with Gasteiger partial charge in [-0.05, 0) is 18.9 Å². The summed E-state index contributed by atoms with van der Waals surface area (Å²) in [6.45, 7) is 4.65. The Morgan fingerprint density at radius 2 is 2.24 bits per heavy atom. The topological polar surface area (TPSA) is 55.6 Å². The predicted octanol–water partition coefficient (Wildman–Crippen LogP) is 1.85. The van der Waals surface area contributed by atoms with Gasteiger partial charge in [0.2, 0.25) is 0 Å². The third kappa shape index (κ3) is 3.89. The van der Waals surface area contributed by atoms with Gasteiger partial charge in [0.15, 0.2) is 0 Å². The number of hydrogen-bond donors (Lipinski definition) is 1. The minimum atomic E-state index is -0.481. The number of rotatable bonds is 6. The molecule has 2 rings (SSSR count). The highest BCUT2D eigenvalue weighted by atomic mass is 19.1. The van der Waals surface area contributed by atoms with Gasteiger partial charge in [-0.3, -0.25) is 4.79 Å². The molecule has 114 valence electrons. The molecule has 1 aliphatic rings. The summed E-state index contributed by atoms with van der Waals surface area (Å²) in [6.07, 6.45) is 2.54. The first kappa shape index (κ1) is 15.7. The van der Waals surface area contributed by atoms with Gasteiger partial charge in [0.1, 0.15) is 11.9 Å². The zero-order valence-corrected chi connectivity index (χ0v) is 12.0. The van der Waals surface area contributed by atoms with Crippen LogP contribution in [-0.4, -0.2) is 36.1 Å². The fraction of sp³-hybridized carbons (Fsp3) is 0.438. The number of carbonyl (C=O) groups is 1. The van der Waals surface area contributed by atoms with Crippen molar-refractivity contribution in [3.8, 4) is 0 Å². The summed E-state index contributed by atoms with van der Waals surface area (Å²) in [5.74, 6) is -0.444. The van der Waals surface area contributed by atoms with E-state index in [0.29, 0.717) is 25.1 Å². The van der Waals surface area contributed by atoms with Gasteiger partial charge in [-0.25, -0.2) is 4.39 Å². The maximum absolute atomic E-state index is 13.7. The lowest BCUT2D eigenvalue weighted by molar-refractivity contribution is -0.142. The Kier molecular flexibility index (Phi) is 5.47. The summed E-state index contributed by atoms with van der Waals surface area (Å²) in [4.78, 5) is 14.1. The van der Waals surface area contributed by atoms with Gasteiger partial charge in [-0.15, -0.1) is 6.58 Å². The standard InChI is InChI=1S/C16H21FN2O2/c1-2-9-19(11-12-5-3-4-6-14(12)17)16(20)15-8-7-13(10-18)21-15/h2-6,13,15H,1,7-11,18H2/t13-,15+/m1/s1. The molecule has 1 amide bonds. The number of nitrogens with two attached hydrogens (primary N) is 1. The van der Waals surface area contributed by atoms with Crippen LogP contribution in [0.2, 0.25) is 0 Å². The third-order valence-corrected chi connectivity index (χ3v) is 3.63. The molecule has 5 heteroatoms. The number of amides is 1. The molecule has 1 heterocycles. The van der Waals surface area contributed by atoms with Crippen molar-refractivity contribution in [2.24, 2.45) is 5.73 Å². The van der Waals surface area contributed by atoms with Crippen molar-refractivity contribution in [3.05, 3.63) is 48.3 Å². The molecule has 0 spiro atoms. The van der Waals surface area contributed by atoms with Crippen LogP contribution in [0.3, 0.4) is 0 Å². The van der Waals surface area contributed by atoms with Gasteiger partial charge < -0.3 is 15.4 Å². The smallest absolute Gasteiger partial charge is 0.252 e. The highest BCUT2D eigenvalue weighted by Crippen LogP contribution is 2.22. The van der Waals surface area contributed by atoms with E-state index in [1.165, 1.54) is 6.07 Å². The van der Waals surface area contributed by atoms with Gasteiger partial charge in [-0.1, -0.05) is 24.3 Å². The summed E-state index contributed by atoms with van der Waals surface area (Å²) in [6, 6.07) is 6.45. The van der Waals surface area contributed by atoms with Crippen LogP contribution in [0.4, 0.5) is 4.39 Å². The largest absolute Gasteiger partial charge is 0.364 e. The molecular formula is C16H21FN2O2. The SMILES string of the molecule is C=CCN(Cc1ccccc1F)C(=O)[C@@H]1CC[C@H](CN)O1. The van der Waals surface area contributed by atoms with Crippen LogP contribution >= 0.6 is 0 Å². The molecule has 1 aliphatic heterocycles. The molecule has 2 atom stereocenters. The Morgan fingerprint density at radius 1 is 1.48 bits per heavy atom. The molecule has 0 radical (unpaired) electrons. The molecule has 0 aliphatic carbocycles. The van der Waals surface area contributed by atoms with E-state index in [4.69, 9.17) is 10.5 Å². The van der Waals surface area contributed by atoms with E-state index in [0.717, 1.165) is 6.42 Å². The number of hydrogen-bond acceptors (Lipinski definition) is 3. The summed E-state index contributed by atoms with van der Waals surface area (Å²) >= 11 is 0. The second-order valence-corrected chi connectivity index (χ2v) is 5.16. The average Bonchev–Trinajstić information content (AvgIpc) is 2.97. The average molecular weight is 292 g/mol. The molecule has 4 nitrogen and oxygen atoms in total. The summed E-state index contributed by atoms with van der Waals surface area (Å²) in [5.41, 5.74) is 6.05. The van der Waals surface area contributed by atoms with Crippen LogP contribution < -0.4 is 5.73 Å². The Balaban J connectivity index is 2.06. The lowest BCUT2D eigenvalue weighted by atomic mass is 10.1. The molecule has 0 saturated carbocycles. The highest BCUT2D eigenvalue weighted by Gasteiger charge is 2.32. The van der Waals surface area contributed by atoms with Crippen molar-refractivity contribution in [1.29, 1.82) is 0 Å². The van der Waals surface area contributed by atoms with Gasteiger partial charge in [-0.2, -0.15) is 0 Å². The van der Waals surface area contributed by atoms with E-state index in [1.54, 1.807) is 29.2 Å². The van der Waals surface area contributed by atoms with Crippen LogP contribution in [0.5, 0.6) is 0 Å². The van der Waals surface area contributed by atoms with E-state index in [2.05, 4.69) is 6.58 Å². The van der Waals surface area contributed by atoms with Crippen LogP contribution in [0.15, 0.2) is 36.9 Å². The number of carbonyl (C=O) groups excluding carboxylic acids is 1. The number of benzene rings is 1. The fourth-order valence-electron chi connectivity index (χ4n) is 2.48. The number of ether oxygens (including phenoxy) is 1. The lowest BCUT2D eigenvalue weighted by Gasteiger charge is -2.24. The maximum atomic E-state index is 13.7. The first-order valence-electron chi connectivity index (χ1n) is 7.14. The molecule has 0 aromatic heterocycles. The maximum Gasteiger partial charge on any atom is 0.252 e. The monoisotopic (exact) mass is 292 g/mol. The molecule has 21 heavy (non-hydrogen) atoms. The first-order valence-corrected chi connectivity index (χ1v) is 7.14. The first-order chi connectivity index (χ1) is 10.2. The normalized spacial score (nSPS) is 21.2. The Bertz CT molecular complexity index is 507. The van der Waals surface area contributed by atoms with Crippen LogP contribution in [0.25, 0.3) is 0 Å². The summed E-state index contributed by atoms with van der Waals surface area (Å²) < 4.78 is 19.4. The van der Waals surface area contributed by atoms with Crippen molar-refractivity contribution in [2.45, 2.75) is 31.6 Å². The molecule has 1 aromatic carbocycles. The number of nitrogens with zero attached hydrogens (tertiary/aromatic N) is 1. The van der Waals surface area contributed by atoms with E-state index in [9.17, 15) is 9.18 Å². The summed E-state index contributed by atoms with van der Waals surface area (Å²) in [5, 5.41) is 0. The minimum absolute atomic E-state index is 0.0574. The van der Waals surface area contributed by atoms with Crippen molar-refractivity contribution in [2.75, 3.05) is 13.1 Å². The van der Waals surface area contributed by atoms with E-state index >= 15 is 0 Å². The molecule has 0 unspecified atom stereocenters. The van der Waals surface area contributed by atoms with Gasteiger partial charge in [0.05, 0.1) is 6.10 Å². The van der Waals surface area contributed by atoms with E-state index in [-0.39, 0.29) is 24.4 Å². The van der Waals surface area contributed by atoms with E-state index < -0.39 is 6.10 Å². The molecule has 1 saturated heterocycles. The molecule has 1 aromatic rings. The van der Waals surface area contributed by atoms with Crippen LogP contribution in [0, 0.1) is 5.82 Å². The molecular weight excluding hydrogens is 271 g/mol. The molecule has 1 fully saturated rings.